The first kappa shape index (κ1) is 28.0. The number of nitrogens with one attached hydrogen (secondary N) is 1. The van der Waals surface area contributed by atoms with E-state index in [1.165, 1.54) is 32.6 Å². The van der Waals surface area contributed by atoms with Crippen molar-refractivity contribution in [3.63, 3.8) is 0 Å². The number of nitrogens with zero attached hydrogens (tertiary/aromatic N) is 3. The maximum Gasteiger partial charge on any atom is 0.573 e. The van der Waals surface area contributed by atoms with Crippen LogP contribution in [0.3, 0.4) is 0 Å². The Bertz CT molecular complexity index is 1130. The minimum absolute atomic E-state index is 0.0156. The van der Waals surface area contributed by atoms with Crippen molar-refractivity contribution < 1.29 is 22.7 Å². The van der Waals surface area contributed by atoms with Crippen LogP contribution in [0.2, 0.25) is 0 Å². The fourth-order valence-corrected chi connectivity index (χ4v) is 3.58. The molecule has 2 aromatic rings. The molecule has 194 valence electrons. The molecule has 0 aliphatic rings. The number of anilines is 2. The molecule has 0 atom stereocenters. The molecule has 3 N–H and O–H groups in total. The number of likely N-dealkylation sites (N-methyl/N-ethyl adjacent to an activating group) is 1. The maximum absolute atomic E-state index is 13.3. The number of H-pyrrole nitrogens is 1. The van der Waals surface area contributed by atoms with E-state index in [0.29, 0.717) is 6.42 Å². The molecule has 2 rings (SSSR count). The number of nitrogens with two attached hydrogens (primary N) is 1. The zero-order chi connectivity index (χ0) is 26.3. The van der Waals surface area contributed by atoms with Gasteiger partial charge in [0.05, 0.1) is 6.54 Å². The van der Waals surface area contributed by atoms with Crippen LogP contribution in [0.5, 0.6) is 5.75 Å². The lowest BCUT2D eigenvalue weighted by atomic mass is 10.2. The predicted molar refractivity (Wildman–Crippen MR) is 127 cm³/mol. The Labute approximate surface area is 201 Å². The molecule has 0 spiro atoms. The van der Waals surface area contributed by atoms with E-state index < -0.39 is 23.5 Å². The van der Waals surface area contributed by atoms with Crippen molar-refractivity contribution in [3.05, 3.63) is 50.7 Å². The number of para-hydroxylation sites is 1. The lowest BCUT2D eigenvalue weighted by molar-refractivity contribution is -0.275. The maximum atomic E-state index is 13.3. The fraction of sp³-hybridized carbons (Fsp3) is 0.522. The highest BCUT2D eigenvalue weighted by Crippen LogP contribution is 2.27. The topological polar surface area (TPSA) is 114 Å². The number of rotatable bonds is 11. The van der Waals surface area contributed by atoms with Crippen molar-refractivity contribution in [2.75, 3.05) is 30.8 Å². The molecule has 9 nitrogen and oxygen atoms in total. The SMILES string of the molecule is CCCCN(C(=O)CN(C)Cc1ccccc1OC(F)(F)F)c1c(N)n(CC(C)C)c(=O)[nH]c1=O. The molecule has 0 saturated carbocycles. The summed E-state index contributed by atoms with van der Waals surface area (Å²) in [5.74, 6) is -0.896. The van der Waals surface area contributed by atoms with Crippen LogP contribution < -0.4 is 26.6 Å². The molecular weight excluding hydrogens is 467 g/mol. The molecule has 0 saturated heterocycles. The average Bonchev–Trinajstić information content (AvgIpc) is 2.73. The second-order valence-corrected chi connectivity index (χ2v) is 8.72. The van der Waals surface area contributed by atoms with Crippen LogP contribution in [0.25, 0.3) is 0 Å². The highest BCUT2D eigenvalue weighted by molar-refractivity contribution is 5.96. The number of hydrogen-bond donors (Lipinski definition) is 2. The van der Waals surface area contributed by atoms with Gasteiger partial charge in [0.15, 0.2) is 5.69 Å². The Kier molecular flexibility index (Phi) is 9.52. The van der Waals surface area contributed by atoms with Gasteiger partial charge in [0, 0.05) is 25.2 Å². The summed E-state index contributed by atoms with van der Waals surface area (Å²) in [5, 5.41) is 0. The molecule has 0 aliphatic heterocycles. The third kappa shape index (κ3) is 7.88. The number of benzene rings is 1. The summed E-state index contributed by atoms with van der Waals surface area (Å²) in [4.78, 5) is 43.2. The number of nitrogen functional groups attached to an aromatic ring is 1. The summed E-state index contributed by atoms with van der Waals surface area (Å²) in [5.41, 5.74) is 4.88. The zero-order valence-electron chi connectivity index (χ0n) is 20.3. The number of carbonyl (C=O) groups excluding carboxylic acids is 1. The average molecular weight is 500 g/mol. The molecule has 0 unspecified atom stereocenters. The number of aromatic nitrogens is 2. The lowest BCUT2D eigenvalue weighted by Gasteiger charge is -2.27. The van der Waals surface area contributed by atoms with Gasteiger partial charge in [-0.3, -0.25) is 24.0 Å². The number of hydrogen-bond acceptors (Lipinski definition) is 6. The zero-order valence-corrected chi connectivity index (χ0v) is 20.3. The van der Waals surface area contributed by atoms with Crippen LogP contribution in [-0.2, 0) is 17.9 Å². The van der Waals surface area contributed by atoms with Crippen LogP contribution in [0.4, 0.5) is 24.7 Å². The summed E-state index contributed by atoms with van der Waals surface area (Å²) in [7, 11) is 1.56. The Balaban J connectivity index is 2.33. The number of ether oxygens (including phenoxy) is 1. The minimum Gasteiger partial charge on any atom is -0.405 e. The molecule has 12 heteroatoms. The first-order valence-electron chi connectivity index (χ1n) is 11.3. The van der Waals surface area contributed by atoms with Gasteiger partial charge in [-0.05, 0) is 25.5 Å². The largest absolute Gasteiger partial charge is 0.573 e. The third-order valence-corrected chi connectivity index (χ3v) is 5.11. The van der Waals surface area contributed by atoms with E-state index in [0.717, 1.165) is 6.42 Å². The number of amides is 1. The predicted octanol–water partition coefficient (Wildman–Crippen LogP) is 2.94. The summed E-state index contributed by atoms with van der Waals surface area (Å²) >= 11 is 0. The first-order chi connectivity index (χ1) is 16.3. The van der Waals surface area contributed by atoms with E-state index in [9.17, 15) is 27.6 Å². The third-order valence-electron chi connectivity index (χ3n) is 5.11. The van der Waals surface area contributed by atoms with Crippen molar-refractivity contribution in [1.82, 2.24) is 14.5 Å². The molecule has 1 aromatic heterocycles. The summed E-state index contributed by atoms with van der Waals surface area (Å²) < 4.78 is 43.5. The number of alkyl halides is 3. The van der Waals surface area contributed by atoms with Crippen LogP contribution in [-0.4, -0.2) is 46.9 Å². The van der Waals surface area contributed by atoms with Gasteiger partial charge < -0.3 is 15.4 Å². The van der Waals surface area contributed by atoms with Gasteiger partial charge in [-0.25, -0.2) is 4.79 Å². The molecule has 1 heterocycles. The van der Waals surface area contributed by atoms with Crippen molar-refractivity contribution >= 4 is 17.4 Å². The highest BCUT2D eigenvalue weighted by atomic mass is 19.4. The van der Waals surface area contributed by atoms with Gasteiger partial charge in [-0.2, -0.15) is 0 Å². The smallest absolute Gasteiger partial charge is 0.405 e. The van der Waals surface area contributed by atoms with Gasteiger partial charge in [0.2, 0.25) is 5.91 Å². The fourth-order valence-electron chi connectivity index (χ4n) is 3.58. The monoisotopic (exact) mass is 499 g/mol. The summed E-state index contributed by atoms with van der Waals surface area (Å²) in [6, 6.07) is 5.66. The molecular formula is C23H32F3N5O4. The Morgan fingerprint density at radius 3 is 2.49 bits per heavy atom. The van der Waals surface area contributed by atoms with Crippen LogP contribution in [0.15, 0.2) is 33.9 Å². The van der Waals surface area contributed by atoms with Gasteiger partial charge in [-0.1, -0.05) is 45.4 Å². The van der Waals surface area contributed by atoms with Crippen LogP contribution >= 0.6 is 0 Å². The quantitative estimate of drug-likeness (QED) is 0.492. The number of carbonyl (C=O) groups is 1. The second-order valence-electron chi connectivity index (χ2n) is 8.72. The van der Waals surface area contributed by atoms with Crippen LogP contribution in [0, 0.1) is 5.92 Å². The molecule has 35 heavy (non-hydrogen) atoms. The molecule has 0 bridgehead atoms. The van der Waals surface area contributed by atoms with E-state index in [4.69, 9.17) is 5.73 Å². The highest BCUT2D eigenvalue weighted by Gasteiger charge is 2.32. The molecule has 1 amide bonds. The molecule has 0 aliphatic carbocycles. The minimum atomic E-state index is -4.85. The van der Waals surface area contributed by atoms with E-state index in [1.54, 1.807) is 13.1 Å². The Morgan fingerprint density at radius 2 is 1.89 bits per heavy atom. The summed E-state index contributed by atoms with van der Waals surface area (Å²) in [6.07, 6.45) is -3.55. The van der Waals surface area contributed by atoms with E-state index in [-0.39, 0.29) is 54.9 Å². The summed E-state index contributed by atoms with van der Waals surface area (Å²) in [6.45, 7) is 5.88. The van der Waals surface area contributed by atoms with Gasteiger partial charge in [0.1, 0.15) is 11.6 Å². The molecule has 0 radical (unpaired) electrons. The Morgan fingerprint density at radius 1 is 1.23 bits per heavy atom. The van der Waals surface area contributed by atoms with E-state index >= 15 is 0 Å². The second kappa shape index (κ2) is 11.9. The van der Waals surface area contributed by atoms with E-state index in [2.05, 4.69) is 9.72 Å². The standard InChI is InChI=1S/C23H32F3N5O4/c1-5-6-11-30(19-20(27)31(12-15(2)3)22(34)28-21(19)33)18(32)14-29(4)13-16-9-7-8-10-17(16)35-23(24,25)26/h7-10,15H,5-6,11-14,27H2,1-4H3,(H,28,33,34). The van der Waals surface area contributed by atoms with Gasteiger partial charge >= 0.3 is 12.1 Å². The number of halogens is 3. The molecule has 0 fully saturated rings. The number of aromatic amines is 1. The van der Waals surface area contributed by atoms with Crippen molar-refractivity contribution in [3.8, 4) is 5.75 Å². The lowest BCUT2D eigenvalue weighted by Crippen LogP contribution is -2.45. The van der Waals surface area contributed by atoms with Crippen LogP contribution in [0.1, 0.15) is 39.2 Å². The van der Waals surface area contributed by atoms with Crippen molar-refractivity contribution in [2.24, 2.45) is 5.92 Å². The number of unbranched alkanes of at least 4 members (excludes halogenated alkanes) is 1. The first-order valence-corrected chi connectivity index (χ1v) is 11.3. The van der Waals surface area contributed by atoms with Gasteiger partial charge in [0.25, 0.3) is 5.56 Å². The van der Waals surface area contributed by atoms with Crippen molar-refractivity contribution in [2.45, 2.75) is 53.1 Å². The van der Waals surface area contributed by atoms with E-state index in [1.807, 2.05) is 20.8 Å². The van der Waals surface area contributed by atoms with Gasteiger partial charge in [-0.15, -0.1) is 13.2 Å². The normalized spacial score (nSPS) is 11.8. The Hall–Kier alpha value is -3.28. The molecule has 1 aromatic carbocycles. The van der Waals surface area contributed by atoms with Crippen molar-refractivity contribution in [1.29, 1.82) is 0 Å².